The average molecular weight is 718 g/mol. The SMILES string of the molecule is O=C(/C=C/CNC1(COc2ccc(/C(=C(/CC(F)(F)F)c3ccccc3)c3ccc4c(c3)c(F)nn4C3CCCCO3)cn2)CC1)N1CCCCC1. The average Bonchev–Trinajstić information content (AvgIpc) is 3.87. The van der Waals surface area contributed by atoms with Crippen LogP contribution < -0.4 is 10.1 Å². The number of fused-ring (bicyclic) bond motifs is 1. The summed E-state index contributed by atoms with van der Waals surface area (Å²) in [6.07, 6.45) is 6.49. The van der Waals surface area contributed by atoms with Crippen molar-refractivity contribution < 1.29 is 31.8 Å². The lowest BCUT2D eigenvalue weighted by atomic mass is 9.88. The first-order valence-corrected chi connectivity index (χ1v) is 18.1. The molecule has 52 heavy (non-hydrogen) atoms. The molecule has 0 bridgehead atoms. The number of rotatable bonds is 12. The monoisotopic (exact) mass is 717 g/mol. The van der Waals surface area contributed by atoms with Crippen LogP contribution in [-0.2, 0) is 9.53 Å². The number of piperidine rings is 1. The number of hydrogen-bond donors (Lipinski definition) is 1. The summed E-state index contributed by atoms with van der Waals surface area (Å²) in [6.45, 7) is 3.05. The molecular formula is C40H43F4N5O3. The number of nitrogens with one attached hydrogen (secondary N) is 1. The van der Waals surface area contributed by atoms with E-state index in [-0.39, 0.29) is 28.0 Å². The molecule has 3 fully saturated rings. The molecule has 4 aromatic rings. The summed E-state index contributed by atoms with van der Waals surface area (Å²) in [7, 11) is 0. The van der Waals surface area contributed by atoms with Gasteiger partial charge in [0.25, 0.3) is 0 Å². The van der Waals surface area contributed by atoms with E-state index in [0.717, 1.165) is 51.6 Å². The molecule has 1 unspecified atom stereocenters. The van der Waals surface area contributed by atoms with Crippen molar-refractivity contribution in [1.29, 1.82) is 0 Å². The molecule has 1 N–H and O–H groups in total. The molecule has 1 aliphatic carbocycles. The van der Waals surface area contributed by atoms with Gasteiger partial charge < -0.3 is 19.7 Å². The Bertz CT molecular complexity index is 1910. The Balaban J connectivity index is 1.14. The second-order valence-corrected chi connectivity index (χ2v) is 13.9. The number of alkyl halides is 3. The van der Waals surface area contributed by atoms with E-state index >= 15 is 4.39 Å². The van der Waals surface area contributed by atoms with Crippen LogP contribution in [0.5, 0.6) is 5.88 Å². The number of nitrogens with zero attached hydrogens (tertiary/aromatic N) is 4. The highest BCUT2D eigenvalue weighted by molar-refractivity contribution is 6.00. The van der Waals surface area contributed by atoms with Crippen molar-refractivity contribution in [2.45, 2.75) is 75.7 Å². The number of likely N-dealkylation sites (tertiary alicyclic amines) is 1. The summed E-state index contributed by atoms with van der Waals surface area (Å²) in [5.74, 6) is -0.338. The first kappa shape index (κ1) is 35.8. The van der Waals surface area contributed by atoms with Crippen molar-refractivity contribution in [3.05, 3.63) is 102 Å². The van der Waals surface area contributed by atoms with Gasteiger partial charge >= 0.3 is 6.18 Å². The third kappa shape index (κ3) is 8.56. The van der Waals surface area contributed by atoms with Gasteiger partial charge in [-0.2, -0.15) is 17.6 Å². The fourth-order valence-electron chi connectivity index (χ4n) is 7.09. The molecule has 12 heteroatoms. The molecule has 7 rings (SSSR count). The lowest BCUT2D eigenvalue weighted by molar-refractivity contribution is -0.127. The second-order valence-electron chi connectivity index (χ2n) is 13.9. The van der Waals surface area contributed by atoms with Gasteiger partial charge in [-0.15, -0.1) is 5.10 Å². The number of amides is 1. The zero-order valence-corrected chi connectivity index (χ0v) is 29.0. The van der Waals surface area contributed by atoms with Crippen LogP contribution in [0.4, 0.5) is 17.6 Å². The molecular weight excluding hydrogens is 674 g/mol. The summed E-state index contributed by atoms with van der Waals surface area (Å²) >= 11 is 0. The van der Waals surface area contributed by atoms with E-state index in [4.69, 9.17) is 9.47 Å². The number of ether oxygens (including phenoxy) is 2. The summed E-state index contributed by atoms with van der Waals surface area (Å²) in [5, 5.41) is 7.81. The lowest BCUT2D eigenvalue weighted by Gasteiger charge is -2.25. The van der Waals surface area contributed by atoms with Crippen LogP contribution in [0.3, 0.4) is 0 Å². The Morgan fingerprint density at radius 2 is 1.77 bits per heavy atom. The lowest BCUT2D eigenvalue weighted by Crippen LogP contribution is -2.37. The smallest absolute Gasteiger partial charge is 0.393 e. The minimum absolute atomic E-state index is 0.0410. The third-order valence-electron chi connectivity index (χ3n) is 10.1. The number of pyridine rings is 1. The first-order valence-electron chi connectivity index (χ1n) is 18.1. The van der Waals surface area contributed by atoms with Crippen LogP contribution >= 0.6 is 0 Å². The molecule has 1 saturated carbocycles. The molecule has 1 amide bonds. The van der Waals surface area contributed by atoms with E-state index in [1.165, 1.54) is 17.3 Å². The van der Waals surface area contributed by atoms with E-state index in [1.54, 1.807) is 66.7 Å². The normalized spacial score (nSPS) is 19.5. The van der Waals surface area contributed by atoms with Gasteiger partial charge in [0.05, 0.1) is 22.9 Å². The van der Waals surface area contributed by atoms with Gasteiger partial charge in [0.2, 0.25) is 17.7 Å². The van der Waals surface area contributed by atoms with Crippen molar-refractivity contribution in [2.24, 2.45) is 0 Å². The number of carbonyl (C=O) groups is 1. The van der Waals surface area contributed by atoms with Gasteiger partial charge in [-0.3, -0.25) is 4.79 Å². The molecule has 0 radical (unpaired) electrons. The van der Waals surface area contributed by atoms with Crippen LogP contribution in [0, 0.1) is 5.95 Å². The van der Waals surface area contributed by atoms with Gasteiger partial charge in [-0.25, -0.2) is 9.67 Å². The number of carbonyl (C=O) groups excluding carboxylic acids is 1. The van der Waals surface area contributed by atoms with Crippen molar-refractivity contribution in [2.75, 3.05) is 32.8 Å². The minimum atomic E-state index is -4.52. The number of aromatic nitrogens is 3. The quantitative estimate of drug-likeness (QED) is 0.0904. The zero-order valence-electron chi connectivity index (χ0n) is 29.0. The Hall–Kier alpha value is -4.55. The fourth-order valence-corrected chi connectivity index (χ4v) is 7.09. The van der Waals surface area contributed by atoms with Gasteiger partial charge in [0.15, 0.2) is 6.23 Å². The van der Waals surface area contributed by atoms with E-state index in [1.807, 2.05) is 11.0 Å². The van der Waals surface area contributed by atoms with E-state index in [9.17, 15) is 18.0 Å². The number of halogens is 4. The Morgan fingerprint density at radius 3 is 2.46 bits per heavy atom. The molecule has 4 heterocycles. The predicted molar refractivity (Wildman–Crippen MR) is 191 cm³/mol. The third-order valence-corrected chi connectivity index (χ3v) is 10.1. The number of benzene rings is 2. The van der Waals surface area contributed by atoms with Gasteiger partial charge in [0, 0.05) is 50.1 Å². The molecule has 274 valence electrons. The van der Waals surface area contributed by atoms with Crippen molar-refractivity contribution in [3.8, 4) is 5.88 Å². The number of hydrogen-bond acceptors (Lipinski definition) is 6. The Morgan fingerprint density at radius 1 is 0.981 bits per heavy atom. The van der Waals surface area contributed by atoms with E-state index < -0.39 is 24.8 Å². The molecule has 2 aromatic heterocycles. The largest absolute Gasteiger partial charge is 0.476 e. The van der Waals surface area contributed by atoms with Crippen molar-refractivity contribution >= 4 is 28.0 Å². The summed E-state index contributed by atoms with van der Waals surface area (Å²) < 4.78 is 71.6. The summed E-state index contributed by atoms with van der Waals surface area (Å²) in [5.41, 5.74) is 1.84. The highest BCUT2D eigenvalue weighted by atomic mass is 19.4. The maximum atomic E-state index is 15.4. The van der Waals surface area contributed by atoms with E-state index in [2.05, 4.69) is 15.4 Å². The van der Waals surface area contributed by atoms with Gasteiger partial charge in [-0.1, -0.05) is 42.5 Å². The molecule has 8 nitrogen and oxygen atoms in total. The summed E-state index contributed by atoms with van der Waals surface area (Å²) in [4.78, 5) is 18.8. The Kier molecular flexibility index (Phi) is 10.7. The predicted octanol–water partition coefficient (Wildman–Crippen LogP) is 8.25. The van der Waals surface area contributed by atoms with Crippen LogP contribution in [0.2, 0.25) is 0 Å². The van der Waals surface area contributed by atoms with Crippen LogP contribution in [-0.4, -0.2) is 70.1 Å². The summed E-state index contributed by atoms with van der Waals surface area (Å²) in [6, 6.07) is 16.7. The molecule has 3 aliphatic rings. The highest BCUT2D eigenvalue weighted by Crippen LogP contribution is 2.41. The molecule has 1 atom stereocenters. The van der Waals surface area contributed by atoms with Crippen LogP contribution in [0.25, 0.3) is 22.0 Å². The van der Waals surface area contributed by atoms with Crippen molar-refractivity contribution in [1.82, 2.24) is 25.0 Å². The maximum Gasteiger partial charge on any atom is 0.393 e. The fraction of sp³-hybridized carbons (Fsp3) is 0.425. The molecule has 0 spiro atoms. The first-order chi connectivity index (χ1) is 25.2. The van der Waals surface area contributed by atoms with Crippen LogP contribution in [0.15, 0.2) is 79.0 Å². The highest BCUT2D eigenvalue weighted by Gasteiger charge is 2.43. The standard InChI is InChI=1S/C40H43F4N5O3/c41-38-31-24-29(14-16-33(31)49(47-38)36-13-5-8-23-51-36)37(32(25-40(42,43)44)28-10-3-1-4-11-28)30-15-17-34(45-26-30)52-27-39(18-19-39)46-20-9-12-35(50)48-21-6-2-7-22-48/h1,3-4,9-12,14-17,24,26,36,46H,2,5-8,13,18-23,25,27H2/b12-9+,37-32-. The topological polar surface area (TPSA) is 81.5 Å². The van der Waals surface area contributed by atoms with Gasteiger partial charge in [-0.05, 0) is 91.8 Å². The van der Waals surface area contributed by atoms with Gasteiger partial charge in [0.1, 0.15) is 6.61 Å². The minimum Gasteiger partial charge on any atom is -0.476 e. The van der Waals surface area contributed by atoms with E-state index in [0.29, 0.717) is 54.3 Å². The molecule has 2 saturated heterocycles. The molecule has 2 aliphatic heterocycles. The zero-order chi connectivity index (χ0) is 36.1. The maximum absolute atomic E-state index is 15.4. The Labute approximate surface area is 300 Å². The number of allylic oxidation sites excluding steroid dienone is 1. The van der Waals surface area contributed by atoms with Crippen molar-refractivity contribution in [3.63, 3.8) is 0 Å². The van der Waals surface area contributed by atoms with Crippen LogP contribution in [0.1, 0.15) is 80.7 Å². The molecule has 2 aromatic carbocycles. The second kappa shape index (κ2) is 15.6.